The third kappa shape index (κ3) is 5.96. The van der Waals surface area contributed by atoms with Crippen LogP contribution in [0, 0.1) is 23.8 Å². The van der Waals surface area contributed by atoms with Gasteiger partial charge in [0.1, 0.15) is 8.07 Å². The van der Waals surface area contributed by atoms with Crippen LogP contribution in [0.2, 0.25) is 19.6 Å². The number of hydrogen-bond acceptors (Lipinski definition) is 2. The summed E-state index contributed by atoms with van der Waals surface area (Å²) in [6.07, 6.45) is 0. The van der Waals surface area contributed by atoms with E-state index in [-0.39, 0.29) is 10.3 Å². The zero-order valence-electron chi connectivity index (χ0n) is 14.6. The summed E-state index contributed by atoms with van der Waals surface area (Å²) in [6, 6.07) is 6.45. The predicted octanol–water partition coefficient (Wildman–Crippen LogP) is 3.57. The van der Waals surface area contributed by atoms with E-state index in [4.69, 9.17) is 0 Å². The first kappa shape index (κ1) is 19.0. The van der Waals surface area contributed by atoms with Crippen LogP contribution in [0.3, 0.4) is 0 Å². The van der Waals surface area contributed by atoms with Crippen LogP contribution in [0.5, 0.6) is 0 Å². The van der Waals surface area contributed by atoms with Crippen molar-refractivity contribution in [2.24, 2.45) is 5.41 Å². The molecule has 0 amide bonds. The van der Waals surface area contributed by atoms with Gasteiger partial charge >= 0.3 is 0 Å². The molecule has 1 N–H and O–H groups in total. The lowest BCUT2D eigenvalue weighted by Gasteiger charge is -2.27. The average molecular weight is 338 g/mol. The Labute approximate surface area is 136 Å². The average Bonchev–Trinajstić information content (AvgIpc) is 2.32. The largest absolute Gasteiger partial charge is 0.241 e. The summed E-state index contributed by atoms with van der Waals surface area (Å²) in [5.74, 6) is 3.16. The molecule has 0 heterocycles. The number of aryl methyl sites for hydroxylation is 1. The van der Waals surface area contributed by atoms with E-state index >= 15 is 0 Å². The Morgan fingerprint density at radius 2 is 1.59 bits per heavy atom. The van der Waals surface area contributed by atoms with Crippen molar-refractivity contribution in [3.63, 3.8) is 0 Å². The Morgan fingerprint density at radius 1 is 1.09 bits per heavy atom. The van der Waals surface area contributed by atoms with Crippen molar-refractivity contribution in [3.8, 4) is 11.5 Å². The number of sulfonamides is 1. The molecule has 22 heavy (non-hydrogen) atoms. The molecule has 0 aliphatic heterocycles. The van der Waals surface area contributed by atoms with Crippen molar-refractivity contribution in [3.05, 3.63) is 29.8 Å². The fourth-order valence-electron chi connectivity index (χ4n) is 1.65. The lowest BCUT2D eigenvalue weighted by molar-refractivity contribution is 0.353. The third-order valence-electron chi connectivity index (χ3n) is 3.06. The SMILES string of the molecule is Cc1ccc(S(=O)(=O)NC(C#C[Si](C)(C)C)C(C)(C)C)cc1. The highest BCUT2D eigenvalue weighted by Gasteiger charge is 2.28. The van der Waals surface area contributed by atoms with Gasteiger partial charge in [-0.25, -0.2) is 8.42 Å². The first-order chi connectivity index (χ1) is 9.81. The molecule has 5 heteroatoms. The molecule has 0 fully saturated rings. The number of benzene rings is 1. The van der Waals surface area contributed by atoms with Crippen LogP contribution in [-0.4, -0.2) is 22.5 Å². The molecule has 122 valence electrons. The van der Waals surface area contributed by atoms with E-state index in [2.05, 4.69) is 35.8 Å². The van der Waals surface area contributed by atoms with Crippen LogP contribution >= 0.6 is 0 Å². The smallest absolute Gasteiger partial charge is 0.207 e. The van der Waals surface area contributed by atoms with Gasteiger partial charge in [0.15, 0.2) is 0 Å². The number of rotatable bonds is 3. The predicted molar refractivity (Wildman–Crippen MR) is 95.9 cm³/mol. The van der Waals surface area contributed by atoms with Gasteiger partial charge in [0.25, 0.3) is 0 Å². The van der Waals surface area contributed by atoms with Gasteiger partial charge in [-0.2, -0.15) is 4.72 Å². The van der Waals surface area contributed by atoms with Gasteiger partial charge in [-0.05, 0) is 24.5 Å². The Bertz CT molecular complexity index is 669. The molecular weight excluding hydrogens is 310 g/mol. The van der Waals surface area contributed by atoms with Crippen molar-refractivity contribution in [1.29, 1.82) is 0 Å². The minimum atomic E-state index is -3.56. The fraction of sp³-hybridized carbons (Fsp3) is 0.529. The van der Waals surface area contributed by atoms with Crippen LogP contribution in [0.1, 0.15) is 26.3 Å². The maximum Gasteiger partial charge on any atom is 0.241 e. The topological polar surface area (TPSA) is 46.2 Å². The minimum absolute atomic E-state index is 0.273. The molecule has 1 unspecified atom stereocenters. The summed E-state index contributed by atoms with van der Waals surface area (Å²) < 4.78 is 27.9. The molecule has 0 spiro atoms. The monoisotopic (exact) mass is 337 g/mol. The first-order valence-corrected chi connectivity index (χ1v) is 12.4. The van der Waals surface area contributed by atoms with Crippen LogP contribution in [0.4, 0.5) is 0 Å². The second-order valence-electron chi connectivity index (χ2n) is 7.75. The van der Waals surface area contributed by atoms with Crippen LogP contribution in [0.25, 0.3) is 0 Å². The van der Waals surface area contributed by atoms with E-state index in [9.17, 15) is 8.42 Å². The molecule has 1 atom stereocenters. The van der Waals surface area contributed by atoms with Crippen LogP contribution in [0.15, 0.2) is 29.2 Å². The van der Waals surface area contributed by atoms with Crippen molar-refractivity contribution in [2.45, 2.75) is 58.3 Å². The molecule has 1 aromatic carbocycles. The van der Waals surface area contributed by atoms with Gasteiger partial charge in [0.2, 0.25) is 10.0 Å². The van der Waals surface area contributed by atoms with Gasteiger partial charge in [-0.15, -0.1) is 5.54 Å². The highest BCUT2D eigenvalue weighted by Crippen LogP contribution is 2.21. The van der Waals surface area contributed by atoms with Crippen molar-refractivity contribution < 1.29 is 8.42 Å². The summed E-state index contributed by atoms with van der Waals surface area (Å²) in [7, 11) is -5.12. The molecule has 0 aliphatic rings. The summed E-state index contributed by atoms with van der Waals surface area (Å²) in [4.78, 5) is 0.280. The van der Waals surface area contributed by atoms with Crippen molar-refractivity contribution >= 4 is 18.1 Å². The summed E-state index contributed by atoms with van der Waals surface area (Å²) in [5, 5.41) is 0. The molecule has 0 aromatic heterocycles. The molecule has 1 rings (SSSR count). The Morgan fingerprint density at radius 3 is 2.00 bits per heavy atom. The fourth-order valence-corrected chi connectivity index (χ4v) is 3.58. The van der Waals surface area contributed by atoms with Crippen LogP contribution < -0.4 is 4.72 Å². The van der Waals surface area contributed by atoms with E-state index in [1.165, 1.54) is 0 Å². The van der Waals surface area contributed by atoms with Crippen molar-refractivity contribution in [1.82, 2.24) is 4.72 Å². The summed E-state index contributed by atoms with van der Waals surface area (Å²) >= 11 is 0. The van der Waals surface area contributed by atoms with Gasteiger partial charge in [-0.3, -0.25) is 0 Å². The van der Waals surface area contributed by atoms with Crippen molar-refractivity contribution in [2.75, 3.05) is 0 Å². The van der Waals surface area contributed by atoms with E-state index in [1.54, 1.807) is 24.3 Å². The summed E-state index contributed by atoms with van der Waals surface area (Å²) in [5.41, 5.74) is 4.03. The third-order valence-corrected chi connectivity index (χ3v) is 5.39. The Kier molecular flexibility index (Phi) is 5.66. The maximum absolute atomic E-state index is 12.6. The second-order valence-corrected chi connectivity index (χ2v) is 14.2. The highest BCUT2D eigenvalue weighted by atomic mass is 32.2. The van der Waals surface area contributed by atoms with Gasteiger partial charge < -0.3 is 0 Å². The molecule has 0 aliphatic carbocycles. The number of nitrogens with one attached hydrogen (secondary N) is 1. The Balaban J connectivity index is 3.13. The maximum atomic E-state index is 12.6. The van der Waals surface area contributed by atoms with Gasteiger partial charge in [0.05, 0.1) is 10.9 Å². The molecule has 1 aromatic rings. The normalized spacial score (nSPS) is 14.1. The lowest BCUT2D eigenvalue weighted by atomic mass is 9.88. The first-order valence-electron chi connectivity index (χ1n) is 7.43. The lowest BCUT2D eigenvalue weighted by Crippen LogP contribution is -2.43. The minimum Gasteiger partial charge on any atom is -0.207 e. The zero-order valence-corrected chi connectivity index (χ0v) is 16.4. The van der Waals surface area contributed by atoms with E-state index in [0.29, 0.717) is 0 Å². The quantitative estimate of drug-likeness (QED) is 0.677. The van der Waals surface area contributed by atoms with E-state index in [1.807, 2.05) is 27.7 Å². The summed E-state index contributed by atoms with van der Waals surface area (Å²) in [6.45, 7) is 14.4. The Hall–Kier alpha value is -1.09. The molecule has 0 saturated carbocycles. The van der Waals surface area contributed by atoms with E-state index < -0.39 is 24.1 Å². The molecule has 3 nitrogen and oxygen atoms in total. The second kappa shape index (κ2) is 6.57. The number of hydrogen-bond donors (Lipinski definition) is 1. The molecule has 0 bridgehead atoms. The zero-order chi connectivity index (χ0) is 17.2. The standard InChI is InChI=1S/C17H27NO2SSi/c1-14-8-10-15(11-9-14)21(19,20)18-16(17(2,3)4)12-13-22(5,6)7/h8-11,16,18H,1-7H3. The van der Waals surface area contributed by atoms with Gasteiger partial charge in [-0.1, -0.05) is 64.0 Å². The highest BCUT2D eigenvalue weighted by molar-refractivity contribution is 7.89. The van der Waals surface area contributed by atoms with Crippen LogP contribution in [-0.2, 0) is 10.0 Å². The molecule has 0 radical (unpaired) electrons. The van der Waals surface area contributed by atoms with E-state index in [0.717, 1.165) is 5.56 Å². The van der Waals surface area contributed by atoms with Gasteiger partial charge in [0, 0.05) is 0 Å². The molecular formula is C17H27NO2SSi. The molecule has 0 saturated heterocycles.